The predicted octanol–water partition coefficient (Wildman–Crippen LogP) is 2.67. The van der Waals surface area contributed by atoms with E-state index in [4.69, 9.17) is 0 Å². The number of hydrogen-bond acceptors (Lipinski definition) is 2. The molecule has 3 heteroatoms. The van der Waals surface area contributed by atoms with E-state index in [0.29, 0.717) is 0 Å². The van der Waals surface area contributed by atoms with E-state index in [1.165, 1.54) is 4.90 Å². The van der Waals surface area contributed by atoms with Crippen LogP contribution in [0.3, 0.4) is 0 Å². The van der Waals surface area contributed by atoms with Gasteiger partial charge in [-0.3, -0.25) is 4.79 Å². The molecule has 0 aliphatic carbocycles. The summed E-state index contributed by atoms with van der Waals surface area (Å²) in [5.41, 5.74) is 1.92. The van der Waals surface area contributed by atoms with Crippen LogP contribution in [0, 0.1) is 24.2 Å². The fourth-order valence-electron chi connectivity index (χ4n) is 1.79. The molecule has 17 heavy (non-hydrogen) atoms. The van der Waals surface area contributed by atoms with Gasteiger partial charge in [0.25, 0.3) is 0 Å². The molecule has 0 heterocycles. The SMILES string of the molecule is Cc1ccccc1C(C#N)N(C)C(=O)C(C)C. The first-order valence-electron chi connectivity index (χ1n) is 5.70. The Labute approximate surface area is 103 Å². The van der Waals surface area contributed by atoms with Crippen molar-refractivity contribution in [3.05, 3.63) is 35.4 Å². The standard InChI is InChI=1S/C14H18N2O/c1-10(2)14(17)16(4)13(9-15)12-8-6-5-7-11(12)3/h5-8,10,13H,1-4H3. The van der Waals surface area contributed by atoms with E-state index in [0.717, 1.165) is 11.1 Å². The molecule has 0 aliphatic rings. The molecule has 1 amide bonds. The summed E-state index contributed by atoms with van der Waals surface area (Å²) in [5, 5.41) is 9.26. The average molecular weight is 230 g/mol. The summed E-state index contributed by atoms with van der Waals surface area (Å²) >= 11 is 0. The first kappa shape index (κ1) is 13.2. The smallest absolute Gasteiger partial charge is 0.226 e. The average Bonchev–Trinajstić information content (AvgIpc) is 2.31. The zero-order valence-electron chi connectivity index (χ0n) is 10.8. The van der Waals surface area contributed by atoms with Crippen LogP contribution in [0.15, 0.2) is 24.3 Å². The molecule has 0 N–H and O–H groups in total. The molecule has 0 spiro atoms. The summed E-state index contributed by atoms with van der Waals surface area (Å²) in [7, 11) is 1.68. The van der Waals surface area contributed by atoms with Gasteiger partial charge in [-0.25, -0.2) is 0 Å². The molecular formula is C14H18N2O. The molecule has 0 saturated carbocycles. The monoisotopic (exact) mass is 230 g/mol. The third kappa shape index (κ3) is 2.85. The first-order valence-corrected chi connectivity index (χ1v) is 5.70. The lowest BCUT2D eigenvalue weighted by Crippen LogP contribution is -2.33. The maximum atomic E-state index is 11.9. The number of aryl methyl sites for hydroxylation is 1. The number of rotatable bonds is 3. The molecule has 1 unspecified atom stereocenters. The lowest BCUT2D eigenvalue weighted by atomic mass is 10.0. The van der Waals surface area contributed by atoms with Crippen molar-refractivity contribution in [2.24, 2.45) is 5.92 Å². The minimum Gasteiger partial charge on any atom is -0.326 e. The fraction of sp³-hybridized carbons (Fsp3) is 0.429. The van der Waals surface area contributed by atoms with Gasteiger partial charge in [-0.15, -0.1) is 0 Å². The number of hydrogen-bond donors (Lipinski definition) is 0. The highest BCUT2D eigenvalue weighted by molar-refractivity contribution is 5.78. The van der Waals surface area contributed by atoms with Crippen molar-refractivity contribution in [1.82, 2.24) is 4.90 Å². The van der Waals surface area contributed by atoms with Crippen molar-refractivity contribution in [2.75, 3.05) is 7.05 Å². The third-order valence-electron chi connectivity index (χ3n) is 2.83. The van der Waals surface area contributed by atoms with Gasteiger partial charge < -0.3 is 4.90 Å². The largest absolute Gasteiger partial charge is 0.326 e. The molecule has 3 nitrogen and oxygen atoms in total. The Morgan fingerprint density at radius 3 is 2.41 bits per heavy atom. The van der Waals surface area contributed by atoms with Crippen LogP contribution in [-0.4, -0.2) is 17.9 Å². The number of nitriles is 1. The van der Waals surface area contributed by atoms with Crippen molar-refractivity contribution in [1.29, 1.82) is 5.26 Å². The Balaban J connectivity index is 3.06. The van der Waals surface area contributed by atoms with Crippen LogP contribution < -0.4 is 0 Å². The van der Waals surface area contributed by atoms with E-state index in [9.17, 15) is 10.1 Å². The predicted molar refractivity (Wildman–Crippen MR) is 67.1 cm³/mol. The number of nitrogens with zero attached hydrogens (tertiary/aromatic N) is 2. The van der Waals surface area contributed by atoms with E-state index in [1.54, 1.807) is 7.05 Å². The highest BCUT2D eigenvalue weighted by Crippen LogP contribution is 2.23. The van der Waals surface area contributed by atoms with Crippen LogP contribution in [0.1, 0.15) is 31.0 Å². The first-order chi connectivity index (χ1) is 7.99. The molecule has 0 saturated heterocycles. The van der Waals surface area contributed by atoms with Gasteiger partial charge in [0.15, 0.2) is 0 Å². The van der Waals surface area contributed by atoms with Crippen LogP contribution in [0.2, 0.25) is 0 Å². The Kier molecular flexibility index (Phi) is 4.28. The van der Waals surface area contributed by atoms with Crippen LogP contribution >= 0.6 is 0 Å². The summed E-state index contributed by atoms with van der Waals surface area (Å²) in [6.45, 7) is 5.63. The summed E-state index contributed by atoms with van der Waals surface area (Å²) in [5.74, 6) is -0.111. The van der Waals surface area contributed by atoms with Crippen molar-refractivity contribution in [3.8, 4) is 6.07 Å². The Bertz CT molecular complexity index is 446. The molecule has 1 atom stereocenters. The van der Waals surface area contributed by atoms with Crippen molar-refractivity contribution >= 4 is 5.91 Å². The molecule has 1 rings (SSSR count). The summed E-state index contributed by atoms with van der Waals surface area (Å²) in [6.07, 6.45) is 0. The van der Waals surface area contributed by atoms with E-state index < -0.39 is 6.04 Å². The molecule has 90 valence electrons. The summed E-state index contributed by atoms with van der Waals surface area (Å²) < 4.78 is 0. The van der Waals surface area contributed by atoms with Crippen molar-refractivity contribution in [3.63, 3.8) is 0 Å². The van der Waals surface area contributed by atoms with Gasteiger partial charge in [0, 0.05) is 13.0 Å². The van der Waals surface area contributed by atoms with Gasteiger partial charge in [0.1, 0.15) is 6.04 Å². The Morgan fingerprint density at radius 1 is 1.35 bits per heavy atom. The second kappa shape index (κ2) is 5.49. The molecule has 0 aromatic heterocycles. The second-order valence-corrected chi connectivity index (χ2v) is 4.49. The fourth-order valence-corrected chi connectivity index (χ4v) is 1.79. The van der Waals surface area contributed by atoms with Gasteiger partial charge in [-0.05, 0) is 18.1 Å². The quantitative estimate of drug-likeness (QED) is 0.801. The van der Waals surface area contributed by atoms with Gasteiger partial charge in [-0.1, -0.05) is 38.1 Å². The maximum absolute atomic E-state index is 11.9. The second-order valence-electron chi connectivity index (χ2n) is 4.49. The molecule has 0 radical (unpaired) electrons. The summed E-state index contributed by atoms with van der Waals surface area (Å²) in [4.78, 5) is 13.4. The highest BCUT2D eigenvalue weighted by Gasteiger charge is 2.24. The van der Waals surface area contributed by atoms with E-state index in [1.807, 2.05) is 45.0 Å². The van der Waals surface area contributed by atoms with Crippen LogP contribution in [0.25, 0.3) is 0 Å². The Hall–Kier alpha value is -1.82. The van der Waals surface area contributed by atoms with Gasteiger partial charge in [0.2, 0.25) is 5.91 Å². The molecule has 0 aliphatic heterocycles. The number of amides is 1. The zero-order chi connectivity index (χ0) is 13.0. The van der Waals surface area contributed by atoms with Crippen LogP contribution in [0.5, 0.6) is 0 Å². The topological polar surface area (TPSA) is 44.1 Å². The minimum atomic E-state index is -0.508. The van der Waals surface area contributed by atoms with Gasteiger partial charge in [-0.2, -0.15) is 5.26 Å². The van der Waals surface area contributed by atoms with Crippen molar-refractivity contribution < 1.29 is 4.79 Å². The lowest BCUT2D eigenvalue weighted by molar-refractivity contribution is -0.134. The van der Waals surface area contributed by atoms with Crippen molar-refractivity contribution in [2.45, 2.75) is 26.8 Å². The third-order valence-corrected chi connectivity index (χ3v) is 2.83. The van der Waals surface area contributed by atoms with E-state index >= 15 is 0 Å². The van der Waals surface area contributed by atoms with Crippen LogP contribution in [0.4, 0.5) is 0 Å². The maximum Gasteiger partial charge on any atom is 0.226 e. The highest BCUT2D eigenvalue weighted by atomic mass is 16.2. The normalized spacial score (nSPS) is 12.0. The zero-order valence-corrected chi connectivity index (χ0v) is 10.8. The minimum absolute atomic E-state index is 0.0141. The van der Waals surface area contributed by atoms with E-state index in [-0.39, 0.29) is 11.8 Å². The summed E-state index contributed by atoms with van der Waals surface area (Å²) in [6, 6.07) is 9.36. The molecular weight excluding hydrogens is 212 g/mol. The molecule has 0 bridgehead atoms. The Morgan fingerprint density at radius 2 is 1.94 bits per heavy atom. The molecule has 0 fully saturated rings. The molecule has 1 aromatic rings. The van der Waals surface area contributed by atoms with Gasteiger partial charge >= 0.3 is 0 Å². The lowest BCUT2D eigenvalue weighted by Gasteiger charge is -2.25. The number of benzene rings is 1. The van der Waals surface area contributed by atoms with Crippen LogP contribution in [-0.2, 0) is 4.79 Å². The number of carbonyl (C=O) groups excluding carboxylic acids is 1. The van der Waals surface area contributed by atoms with E-state index in [2.05, 4.69) is 6.07 Å². The molecule has 1 aromatic carbocycles. The number of carbonyl (C=O) groups is 1. The van der Waals surface area contributed by atoms with Gasteiger partial charge in [0.05, 0.1) is 6.07 Å².